The number of aromatic nitrogens is 1. The number of ketones is 1. The van der Waals surface area contributed by atoms with E-state index in [1.54, 1.807) is 43.3 Å². The summed E-state index contributed by atoms with van der Waals surface area (Å²) < 4.78 is 22.6. The minimum Gasteiger partial charge on any atom is -0.507 e. The van der Waals surface area contributed by atoms with Crippen molar-refractivity contribution in [3.05, 3.63) is 69.2 Å². The van der Waals surface area contributed by atoms with Crippen LogP contribution in [-0.2, 0) is 20.7 Å². The number of methoxy groups -OCH3 is 1. The van der Waals surface area contributed by atoms with Crippen LogP contribution in [0.2, 0.25) is 0 Å². The highest BCUT2D eigenvalue weighted by Gasteiger charge is 2.49. The smallest absolute Gasteiger partial charge is 0.350 e. The molecule has 5 rings (SSSR count). The third kappa shape index (κ3) is 5.88. The Morgan fingerprint density at radius 2 is 1.93 bits per heavy atom. The molecule has 10 nitrogen and oxygen atoms in total. The maximum absolute atomic E-state index is 13.7. The normalized spacial score (nSPS) is 18.8. The summed E-state index contributed by atoms with van der Waals surface area (Å²) in [4.78, 5) is 45.8. The van der Waals surface area contributed by atoms with Gasteiger partial charge in [-0.1, -0.05) is 31.3 Å². The number of hydrogen-bond acceptors (Lipinski definition) is 10. The van der Waals surface area contributed by atoms with Gasteiger partial charge in [0.2, 0.25) is 0 Å². The molecule has 2 unspecified atom stereocenters. The van der Waals surface area contributed by atoms with Gasteiger partial charge in [-0.25, -0.2) is 9.78 Å². The second-order valence-electron chi connectivity index (χ2n) is 11.2. The van der Waals surface area contributed by atoms with Gasteiger partial charge in [0.15, 0.2) is 16.6 Å². The van der Waals surface area contributed by atoms with Crippen LogP contribution in [0.3, 0.4) is 0 Å². The highest BCUT2D eigenvalue weighted by molar-refractivity contribution is 7.17. The quantitative estimate of drug-likeness (QED) is 0.126. The van der Waals surface area contributed by atoms with Gasteiger partial charge < -0.3 is 24.1 Å². The lowest BCUT2D eigenvalue weighted by atomic mass is 9.94. The van der Waals surface area contributed by atoms with Crippen molar-refractivity contribution >= 4 is 39.9 Å². The molecule has 0 bridgehead atoms. The zero-order chi connectivity index (χ0) is 31.7. The van der Waals surface area contributed by atoms with E-state index in [0.717, 1.165) is 23.3 Å². The van der Waals surface area contributed by atoms with E-state index in [1.807, 2.05) is 13.8 Å². The van der Waals surface area contributed by atoms with E-state index in [0.29, 0.717) is 59.6 Å². The largest absolute Gasteiger partial charge is 0.507 e. The molecule has 0 saturated carbocycles. The fraction of sp³-hybridized carbons (Fsp3) is 0.394. The molecule has 3 aromatic rings. The summed E-state index contributed by atoms with van der Waals surface area (Å²) in [5.74, 6) is -0.544. The average molecular weight is 621 g/mol. The number of nitrogens with zero attached hydrogens (tertiary/aromatic N) is 2. The second-order valence-corrected chi connectivity index (χ2v) is 12.2. The Kier molecular flexibility index (Phi) is 8.96. The molecule has 11 heteroatoms. The molecular formula is C33H36N2O8S. The number of ether oxygens (including phenoxy) is 4. The van der Waals surface area contributed by atoms with Crippen LogP contribution in [0.4, 0.5) is 5.13 Å². The molecule has 2 aliphatic heterocycles. The molecule has 2 aromatic carbocycles. The topological polar surface area (TPSA) is 124 Å². The van der Waals surface area contributed by atoms with Crippen molar-refractivity contribution in [2.24, 2.45) is 5.92 Å². The maximum Gasteiger partial charge on any atom is 0.350 e. The van der Waals surface area contributed by atoms with Gasteiger partial charge >= 0.3 is 11.9 Å². The molecule has 1 N–H and O–H groups in total. The van der Waals surface area contributed by atoms with Gasteiger partial charge in [0.1, 0.15) is 22.5 Å². The molecule has 0 spiro atoms. The monoisotopic (exact) mass is 620 g/mol. The van der Waals surface area contributed by atoms with Crippen LogP contribution in [-0.4, -0.2) is 54.2 Å². The van der Waals surface area contributed by atoms with E-state index in [-0.39, 0.29) is 27.4 Å². The number of fused-ring (bicyclic) bond motifs is 1. The Labute approximate surface area is 260 Å². The summed E-state index contributed by atoms with van der Waals surface area (Å²) in [5.41, 5.74) is 2.02. The van der Waals surface area contributed by atoms with Crippen LogP contribution in [0.5, 0.6) is 17.2 Å². The summed E-state index contributed by atoms with van der Waals surface area (Å²) >= 11 is 0.942. The summed E-state index contributed by atoms with van der Waals surface area (Å²) in [5, 5.41) is 11.8. The van der Waals surface area contributed by atoms with E-state index >= 15 is 0 Å². The van der Waals surface area contributed by atoms with Gasteiger partial charge in [-0.15, -0.1) is 0 Å². The predicted molar refractivity (Wildman–Crippen MR) is 166 cm³/mol. The van der Waals surface area contributed by atoms with Gasteiger partial charge in [0.05, 0.1) is 37.6 Å². The number of aryl methyl sites for hydroxylation is 1. The number of Topliss-reactive ketones (excluding diaryl/α,β-unsaturated/α-hetero) is 1. The number of benzene rings is 2. The fourth-order valence-electron chi connectivity index (χ4n) is 5.32. The van der Waals surface area contributed by atoms with Crippen LogP contribution in [0.15, 0.2) is 42.0 Å². The molecule has 2 aliphatic rings. The molecule has 44 heavy (non-hydrogen) atoms. The van der Waals surface area contributed by atoms with Gasteiger partial charge in [-0.2, -0.15) is 0 Å². The van der Waals surface area contributed by atoms with Gasteiger partial charge in [-0.05, 0) is 74.6 Å². The SMILES string of the molecule is CCOc1cc(C2C(=C(O)c3ccc4c(c3)CC(C)O4)C(=O)C(=O)N2c2nc(C)c(C(=O)OC)s2)ccc1OCCC(C)C. The third-order valence-corrected chi connectivity index (χ3v) is 8.65. The van der Waals surface area contributed by atoms with Crippen molar-refractivity contribution in [3.63, 3.8) is 0 Å². The lowest BCUT2D eigenvalue weighted by Gasteiger charge is -2.24. The number of hydrogen-bond donors (Lipinski definition) is 1. The van der Waals surface area contributed by atoms with Crippen LogP contribution >= 0.6 is 11.3 Å². The molecule has 0 aliphatic carbocycles. The molecule has 0 radical (unpaired) electrons. The van der Waals surface area contributed by atoms with Crippen molar-refractivity contribution < 1.29 is 38.4 Å². The molecule has 1 amide bonds. The van der Waals surface area contributed by atoms with Crippen LogP contribution in [0.1, 0.15) is 72.2 Å². The van der Waals surface area contributed by atoms with Crippen molar-refractivity contribution in [2.75, 3.05) is 25.2 Å². The van der Waals surface area contributed by atoms with E-state index in [2.05, 4.69) is 18.8 Å². The third-order valence-electron chi connectivity index (χ3n) is 7.51. The predicted octanol–water partition coefficient (Wildman–Crippen LogP) is 6.01. The fourth-order valence-corrected chi connectivity index (χ4v) is 6.34. The lowest BCUT2D eigenvalue weighted by Crippen LogP contribution is -2.29. The van der Waals surface area contributed by atoms with Crippen molar-refractivity contribution in [1.29, 1.82) is 0 Å². The number of esters is 1. The van der Waals surface area contributed by atoms with Gasteiger partial charge in [0, 0.05) is 12.0 Å². The number of carbonyl (C=O) groups is 3. The van der Waals surface area contributed by atoms with E-state index in [4.69, 9.17) is 18.9 Å². The molecule has 1 aromatic heterocycles. The number of carbonyl (C=O) groups excluding carboxylic acids is 3. The summed E-state index contributed by atoms with van der Waals surface area (Å²) in [6.07, 6.45) is 1.49. The zero-order valence-corrected chi connectivity index (χ0v) is 26.4. The Morgan fingerprint density at radius 3 is 2.64 bits per heavy atom. The van der Waals surface area contributed by atoms with E-state index in [1.165, 1.54) is 12.0 Å². The van der Waals surface area contributed by atoms with E-state index < -0.39 is 23.7 Å². The number of rotatable bonds is 10. The van der Waals surface area contributed by atoms with Crippen LogP contribution < -0.4 is 19.1 Å². The molecule has 232 valence electrons. The summed E-state index contributed by atoms with van der Waals surface area (Å²) in [7, 11) is 1.26. The first-order valence-corrected chi connectivity index (χ1v) is 15.4. The number of anilines is 1. The van der Waals surface area contributed by atoms with Gasteiger partial charge in [-0.3, -0.25) is 14.5 Å². The first-order valence-electron chi connectivity index (χ1n) is 14.6. The Hall–Kier alpha value is -4.38. The average Bonchev–Trinajstić information content (AvgIpc) is 3.64. The highest BCUT2D eigenvalue weighted by Crippen LogP contribution is 2.46. The second kappa shape index (κ2) is 12.7. The maximum atomic E-state index is 13.7. The molecular weight excluding hydrogens is 584 g/mol. The minimum absolute atomic E-state index is 0.0108. The summed E-state index contributed by atoms with van der Waals surface area (Å²) in [6.45, 7) is 10.5. The Morgan fingerprint density at radius 1 is 1.16 bits per heavy atom. The number of aliphatic hydroxyl groups is 1. The highest BCUT2D eigenvalue weighted by atomic mass is 32.1. The number of amides is 1. The lowest BCUT2D eigenvalue weighted by molar-refractivity contribution is -0.132. The van der Waals surface area contributed by atoms with E-state index in [9.17, 15) is 19.5 Å². The first-order chi connectivity index (χ1) is 21.0. The number of thiazole rings is 1. The van der Waals surface area contributed by atoms with Crippen molar-refractivity contribution in [2.45, 2.75) is 59.6 Å². The van der Waals surface area contributed by atoms with Gasteiger partial charge in [0.25, 0.3) is 5.78 Å². The standard InChI is InChI=1S/C33H36N2O8S/c1-7-41-25-16-20(8-11-24(25)42-13-12-17(2)3)27-26(28(36)21-9-10-23-22(15-21)14-18(4)43-23)29(37)31(38)35(27)33-34-19(5)30(44-33)32(39)40-6/h8-11,15-18,27,36H,7,12-14H2,1-6H3. The first kappa shape index (κ1) is 31.1. The molecule has 1 fully saturated rings. The van der Waals surface area contributed by atoms with Crippen molar-refractivity contribution in [3.8, 4) is 17.2 Å². The number of aliphatic hydroxyl groups excluding tert-OH is 1. The minimum atomic E-state index is -1.07. The van der Waals surface area contributed by atoms with Crippen molar-refractivity contribution in [1.82, 2.24) is 4.98 Å². The molecule has 3 heterocycles. The zero-order valence-electron chi connectivity index (χ0n) is 25.6. The Balaban J connectivity index is 1.66. The molecule has 1 saturated heterocycles. The van der Waals surface area contributed by atoms with Crippen LogP contribution in [0.25, 0.3) is 5.76 Å². The molecule has 2 atom stereocenters. The van der Waals surface area contributed by atoms with Crippen LogP contribution in [0, 0.1) is 12.8 Å². The Bertz CT molecular complexity index is 1640. The summed E-state index contributed by atoms with van der Waals surface area (Å²) in [6, 6.07) is 9.31.